The zero-order chi connectivity index (χ0) is 12.4. The Morgan fingerprint density at radius 1 is 1.53 bits per heavy atom. The van der Waals surface area contributed by atoms with Gasteiger partial charge in [0.05, 0.1) is 12.1 Å². The van der Waals surface area contributed by atoms with Crippen LogP contribution in [0.3, 0.4) is 0 Å². The number of phenolic OH excluding ortho intramolecular Hbond substituents is 1. The molecule has 1 aliphatic heterocycles. The fraction of sp³-hybridized carbons (Fsp3) is 0.500. The molecule has 0 bridgehead atoms. The Morgan fingerprint density at radius 2 is 2.29 bits per heavy atom. The second-order valence-corrected chi connectivity index (χ2v) is 4.52. The number of piperidine rings is 1. The smallest absolute Gasteiger partial charge is 0.166 e. The number of nitrogens with one attached hydrogen (secondary N) is 1. The number of methoxy groups -OCH3 is 1. The van der Waals surface area contributed by atoms with Crippen LogP contribution >= 0.6 is 11.6 Å². The maximum atomic E-state index is 13.5. The summed E-state index contributed by atoms with van der Waals surface area (Å²) in [5.41, 5.74) is 0.520. The Morgan fingerprint density at radius 3 is 2.88 bits per heavy atom. The fourth-order valence-corrected chi connectivity index (χ4v) is 2.51. The first-order chi connectivity index (χ1) is 8.15. The minimum atomic E-state index is -0.618. The Hall–Kier alpha value is -1.00. The molecule has 0 aromatic heterocycles. The Labute approximate surface area is 105 Å². The second-order valence-electron chi connectivity index (χ2n) is 4.14. The van der Waals surface area contributed by atoms with Gasteiger partial charge in [-0.05, 0) is 19.4 Å². The molecule has 1 aromatic rings. The van der Waals surface area contributed by atoms with Crippen molar-refractivity contribution in [2.75, 3.05) is 13.7 Å². The summed E-state index contributed by atoms with van der Waals surface area (Å²) >= 11 is 5.98. The van der Waals surface area contributed by atoms with Gasteiger partial charge in [-0.3, -0.25) is 0 Å². The quantitative estimate of drug-likeness (QED) is 0.858. The van der Waals surface area contributed by atoms with Gasteiger partial charge in [0.15, 0.2) is 11.5 Å². The van der Waals surface area contributed by atoms with Crippen LogP contribution in [0.15, 0.2) is 6.07 Å². The van der Waals surface area contributed by atoms with Crippen molar-refractivity contribution >= 4 is 11.6 Å². The van der Waals surface area contributed by atoms with Crippen molar-refractivity contribution in [1.29, 1.82) is 0 Å². The molecule has 0 saturated carbocycles. The monoisotopic (exact) mass is 259 g/mol. The number of ether oxygens (including phenoxy) is 1. The van der Waals surface area contributed by atoms with E-state index in [0.29, 0.717) is 5.56 Å². The van der Waals surface area contributed by atoms with Crippen LogP contribution < -0.4 is 10.1 Å². The van der Waals surface area contributed by atoms with Crippen molar-refractivity contribution in [2.45, 2.75) is 25.3 Å². The first-order valence-corrected chi connectivity index (χ1v) is 6.01. The zero-order valence-electron chi connectivity index (χ0n) is 9.59. The summed E-state index contributed by atoms with van der Waals surface area (Å²) in [5.74, 6) is -0.570. The number of hydrogen-bond acceptors (Lipinski definition) is 3. The zero-order valence-corrected chi connectivity index (χ0v) is 10.4. The van der Waals surface area contributed by atoms with Gasteiger partial charge in [0, 0.05) is 17.7 Å². The molecule has 1 saturated heterocycles. The van der Waals surface area contributed by atoms with Gasteiger partial charge >= 0.3 is 0 Å². The number of aromatic hydroxyl groups is 1. The van der Waals surface area contributed by atoms with Gasteiger partial charge in [0.1, 0.15) is 5.82 Å². The first-order valence-electron chi connectivity index (χ1n) is 5.63. The molecule has 1 aliphatic rings. The van der Waals surface area contributed by atoms with Gasteiger partial charge in [-0.2, -0.15) is 0 Å². The molecule has 94 valence electrons. The fourth-order valence-electron chi connectivity index (χ4n) is 2.24. The topological polar surface area (TPSA) is 41.5 Å². The standard InChI is InChI=1S/C12H15ClFNO2/c1-17-12-9(16)6-7(14)11(13)10(12)8-4-2-3-5-15-8/h6,8,15-16H,2-5H2,1H3. The molecule has 17 heavy (non-hydrogen) atoms. The normalized spacial score (nSPS) is 20.3. The Balaban J connectivity index is 2.48. The van der Waals surface area contributed by atoms with Crippen molar-refractivity contribution < 1.29 is 14.2 Å². The summed E-state index contributed by atoms with van der Waals surface area (Å²) in [6.45, 7) is 0.863. The minimum absolute atomic E-state index is 0.0269. The third-order valence-electron chi connectivity index (χ3n) is 3.05. The van der Waals surface area contributed by atoms with E-state index in [1.54, 1.807) is 0 Å². The molecule has 0 amide bonds. The molecule has 1 fully saturated rings. The van der Waals surface area contributed by atoms with Gasteiger partial charge < -0.3 is 15.2 Å². The largest absolute Gasteiger partial charge is 0.504 e. The SMILES string of the molecule is COc1c(O)cc(F)c(Cl)c1C1CCCCN1. The van der Waals surface area contributed by atoms with Gasteiger partial charge in [-0.1, -0.05) is 18.0 Å². The lowest BCUT2D eigenvalue weighted by Crippen LogP contribution is -2.27. The molecule has 1 aromatic carbocycles. The molecule has 0 spiro atoms. The Kier molecular flexibility index (Phi) is 3.74. The third kappa shape index (κ3) is 2.33. The number of phenols is 1. The molecular formula is C12H15ClFNO2. The van der Waals surface area contributed by atoms with E-state index >= 15 is 0 Å². The number of halogens is 2. The van der Waals surface area contributed by atoms with Crippen LogP contribution in [0.1, 0.15) is 30.9 Å². The number of rotatable bonds is 2. The van der Waals surface area contributed by atoms with E-state index in [-0.39, 0.29) is 22.6 Å². The molecule has 3 nitrogen and oxygen atoms in total. The van der Waals surface area contributed by atoms with E-state index < -0.39 is 5.82 Å². The van der Waals surface area contributed by atoms with Crippen molar-refractivity contribution in [3.63, 3.8) is 0 Å². The van der Waals surface area contributed by atoms with Crippen molar-refractivity contribution in [3.8, 4) is 11.5 Å². The van der Waals surface area contributed by atoms with E-state index in [1.807, 2.05) is 0 Å². The highest BCUT2D eigenvalue weighted by Gasteiger charge is 2.26. The van der Waals surface area contributed by atoms with E-state index in [0.717, 1.165) is 31.9 Å². The van der Waals surface area contributed by atoms with Crippen LogP contribution in [0.5, 0.6) is 11.5 Å². The highest BCUT2D eigenvalue weighted by atomic mass is 35.5. The van der Waals surface area contributed by atoms with E-state index in [2.05, 4.69) is 5.32 Å². The van der Waals surface area contributed by atoms with Crippen LogP contribution in [0, 0.1) is 5.82 Å². The average molecular weight is 260 g/mol. The van der Waals surface area contributed by atoms with Gasteiger partial charge in [-0.15, -0.1) is 0 Å². The predicted molar refractivity (Wildman–Crippen MR) is 64.2 cm³/mol. The molecule has 2 N–H and O–H groups in total. The molecule has 1 heterocycles. The Bertz CT molecular complexity index is 419. The summed E-state index contributed by atoms with van der Waals surface area (Å²) in [6.07, 6.45) is 3.01. The summed E-state index contributed by atoms with van der Waals surface area (Å²) < 4.78 is 18.7. The number of hydrogen-bond donors (Lipinski definition) is 2. The summed E-state index contributed by atoms with van der Waals surface area (Å²) in [7, 11) is 1.44. The van der Waals surface area contributed by atoms with Crippen molar-refractivity contribution in [1.82, 2.24) is 5.32 Å². The summed E-state index contributed by atoms with van der Waals surface area (Å²) in [4.78, 5) is 0. The van der Waals surface area contributed by atoms with Crippen molar-refractivity contribution in [3.05, 3.63) is 22.5 Å². The highest BCUT2D eigenvalue weighted by molar-refractivity contribution is 6.31. The maximum Gasteiger partial charge on any atom is 0.166 e. The molecule has 5 heteroatoms. The molecule has 2 rings (SSSR count). The molecule has 1 unspecified atom stereocenters. The summed E-state index contributed by atoms with van der Waals surface area (Å²) in [6, 6.07) is 0.917. The molecular weight excluding hydrogens is 245 g/mol. The molecule has 0 aliphatic carbocycles. The van der Waals surface area contributed by atoms with Gasteiger partial charge in [-0.25, -0.2) is 4.39 Å². The summed E-state index contributed by atoms with van der Waals surface area (Å²) in [5, 5.41) is 13.0. The van der Waals surface area contributed by atoms with Crippen LogP contribution in [0.25, 0.3) is 0 Å². The lowest BCUT2D eigenvalue weighted by Gasteiger charge is -2.26. The van der Waals surface area contributed by atoms with E-state index in [9.17, 15) is 9.50 Å². The van der Waals surface area contributed by atoms with E-state index in [4.69, 9.17) is 16.3 Å². The van der Waals surface area contributed by atoms with Gasteiger partial charge in [0.2, 0.25) is 0 Å². The van der Waals surface area contributed by atoms with Crippen molar-refractivity contribution in [2.24, 2.45) is 0 Å². The van der Waals surface area contributed by atoms with E-state index in [1.165, 1.54) is 7.11 Å². The lowest BCUT2D eigenvalue weighted by molar-refractivity contribution is 0.346. The third-order valence-corrected chi connectivity index (χ3v) is 3.43. The van der Waals surface area contributed by atoms with Crippen LogP contribution in [0.2, 0.25) is 5.02 Å². The second kappa shape index (κ2) is 5.10. The number of benzene rings is 1. The minimum Gasteiger partial charge on any atom is -0.504 e. The van der Waals surface area contributed by atoms with Crippen LogP contribution in [-0.4, -0.2) is 18.8 Å². The maximum absolute atomic E-state index is 13.5. The predicted octanol–water partition coefficient (Wildman–Crippen LogP) is 3.01. The first kappa shape index (κ1) is 12.5. The van der Waals surface area contributed by atoms with Gasteiger partial charge in [0.25, 0.3) is 0 Å². The molecule has 1 atom stereocenters. The van der Waals surface area contributed by atoms with Crippen LogP contribution in [0.4, 0.5) is 4.39 Å². The lowest BCUT2D eigenvalue weighted by atomic mass is 9.96. The highest BCUT2D eigenvalue weighted by Crippen LogP contribution is 2.42. The average Bonchev–Trinajstić information content (AvgIpc) is 2.34. The van der Waals surface area contributed by atoms with Crippen LogP contribution in [-0.2, 0) is 0 Å². The molecule has 0 radical (unpaired) electrons.